The van der Waals surface area contributed by atoms with E-state index < -0.39 is 0 Å². The zero-order valence-electron chi connectivity index (χ0n) is 13.2. The molecule has 0 bridgehead atoms. The van der Waals surface area contributed by atoms with Gasteiger partial charge >= 0.3 is 0 Å². The molecule has 4 N–H and O–H groups in total. The highest BCUT2D eigenvalue weighted by Gasteiger charge is 2.12. The quantitative estimate of drug-likeness (QED) is 0.491. The predicted octanol–water partition coefficient (Wildman–Crippen LogP) is 5.34. The molecule has 2 nitrogen and oxygen atoms in total. The Balaban J connectivity index is 2.02. The molecular formula is C22H18N2. The molecule has 0 aliphatic rings. The Labute approximate surface area is 141 Å². The van der Waals surface area contributed by atoms with Crippen LogP contribution in [0.5, 0.6) is 0 Å². The third-order valence-corrected chi connectivity index (χ3v) is 4.44. The van der Waals surface area contributed by atoms with E-state index in [-0.39, 0.29) is 0 Å². The maximum atomic E-state index is 6.25. The number of hydrogen-bond acceptors (Lipinski definition) is 2. The summed E-state index contributed by atoms with van der Waals surface area (Å²) in [5.41, 5.74) is 17.9. The fraction of sp³-hybridized carbons (Fsp3) is 0. The highest BCUT2D eigenvalue weighted by molar-refractivity contribution is 6.02. The zero-order chi connectivity index (χ0) is 16.5. The van der Waals surface area contributed by atoms with E-state index >= 15 is 0 Å². The summed E-state index contributed by atoms with van der Waals surface area (Å²) in [5, 5.41) is 2.46. The molecule has 0 spiro atoms. The second-order valence-electron chi connectivity index (χ2n) is 5.88. The van der Waals surface area contributed by atoms with E-state index in [4.69, 9.17) is 11.5 Å². The summed E-state index contributed by atoms with van der Waals surface area (Å²) in [4.78, 5) is 0. The Hall–Kier alpha value is -3.26. The molecule has 4 aromatic rings. The van der Waals surface area contributed by atoms with E-state index in [2.05, 4.69) is 60.7 Å². The van der Waals surface area contributed by atoms with E-state index in [1.165, 1.54) is 16.3 Å². The monoisotopic (exact) mass is 310 g/mol. The number of fused-ring (bicyclic) bond motifs is 1. The van der Waals surface area contributed by atoms with Gasteiger partial charge in [-0.3, -0.25) is 0 Å². The minimum atomic E-state index is 0.611. The van der Waals surface area contributed by atoms with Crippen molar-refractivity contribution >= 4 is 22.1 Å². The standard InChI is InChI=1S/C22H18N2/c23-21-14-6-13-20(22(21)24)19-11-4-3-10-18(19)17-12-5-8-15-7-1-2-9-16(15)17/h1-14H,23-24H2. The van der Waals surface area contributed by atoms with Crippen LogP contribution in [-0.4, -0.2) is 0 Å². The van der Waals surface area contributed by atoms with Gasteiger partial charge in [0.25, 0.3) is 0 Å². The van der Waals surface area contributed by atoms with E-state index in [1.54, 1.807) is 0 Å². The van der Waals surface area contributed by atoms with Crippen molar-refractivity contribution in [1.82, 2.24) is 0 Å². The van der Waals surface area contributed by atoms with Crippen molar-refractivity contribution in [2.45, 2.75) is 0 Å². The fourth-order valence-corrected chi connectivity index (χ4v) is 3.23. The van der Waals surface area contributed by atoms with Gasteiger partial charge < -0.3 is 11.5 Å². The Bertz CT molecular complexity index is 1030. The normalized spacial score (nSPS) is 10.8. The van der Waals surface area contributed by atoms with E-state index in [9.17, 15) is 0 Å². The first-order chi connectivity index (χ1) is 11.8. The lowest BCUT2D eigenvalue weighted by Crippen LogP contribution is -1.97. The smallest absolute Gasteiger partial charge is 0.0627 e. The molecule has 0 radical (unpaired) electrons. The molecule has 0 aliphatic heterocycles. The van der Waals surface area contributed by atoms with Crippen LogP contribution in [0.25, 0.3) is 33.0 Å². The van der Waals surface area contributed by atoms with Crippen LogP contribution < -0.4 is 11.5 Å². The van der Waals surface area contributed by atoms with Crippen molar-refractivity contribution < 1.29 is 0 Å². The van der Waals surface area contributed by atoms with Gasteiger partial charge in [-0.15, -0.1) is 0 Å². The van der Waals surface area contributed by atoms with Crippen molar-refractivity contribution in [3.05, 3.63) is 84.9 Å². The lowest BCUT2D eigenvalue weighted by Gasteiger charge is -2.15. The minimum Gasteiger partial charge on any atom is -0.397 e. The van der Waals surface area contributed by atoms with Crippen LogP contribution >= 0.6 is 0 Å². The molecule has 4 rings (SSSR count). The first kappa shape index (κ1) is 14.3. The summed E-state index contributed by atoms with van der Waals surface area (Å²) < 4.78 is 0. The number of benzene rings is 4. The highest BCUT2D eigenvalue weighted by Crippen LogP contribution is 2.39. The van der Waals surface area contributed by atoms with Gasteiger partial charge in [-0.1, -0.05) is 78.9 Å². The molecule has 0 saturated heterocycles. The van der Waals surface area contributed by atoms with Crippen molar-refractivity contribution in [3.8, 4) is 22.3 Å². The molecule has 4 aromatic carbocycles. The maximum absolute atomic E-state index is 6.25. The number of hydrogen-bond donors (Lipinski definition) is 2. The van der Waals surface area contributed by atoms with Gasteiger partial charge in [0.05, 0.1) is 11.4 Å². The molecule has 0 unspecified atom stereocenters. The number of rotatable bonds is 2. The predicted molar refractivity (Wildman–Crippen MR) is 104 cm³/mol. The Morgan fingerprint density at radius 2 is 1.00 bits per heavy atom. The summed E-state index contributed by atoms with van der Waals surface area (Å²) in [5.74, 6) is 0. The maximum Gasteiger partial charge on any atom is 0.0627 e. The second kappa shape index (κ2) is 5.74. The molecule has 0 aliphatic carbocycles. The lowest BCUT2D eigenvalue weighted by atomic mass is 9.90. The highest BCUT2D eigenvalue weighted by atomic mass is 14.7. The van der Waals surface area contributed by atoms with Crippen molar-refractivity contribution in [1.29, 1.82) is 0 Å². The summed E-state index contributed by atoms with van der Waals surface area (Å²) in [7, 11) is 0. The fourth-order valence-electron chi connectivity index (χ4n) is 3.23. The largest absolute Gasteiger partial charge is 0.397 e. The van der Waals surface area contributed by atoms with Crippen LogP contribution in [0.3, 0.4) is 0 Å². The van der Waals surface area contributed by atoms with Crippen LogP contribution in [0.1, 0.15) is 0 Å². The molecule has 0 amide bonds. The van der Waals surface area contributed by atoms with E-state index in [1.807, 2.05) is 24.3 Å². The zero-order valence-corrected chi connectivity index (χ0v) is 13.2. The van der Waals surface area contributed by atoms with Gasteiger partial charge in [0.1, 0.15) is 0 Å². The number of nitrogens with two attached hydrogens (primary N) is 2. The molecule has 0 fully saturated rings. The Morgan fingerprint density at radius 3 is 1.83 bits per heavy atom. The first-order valence-electron chi connectivity index (χ1n) is 7.97. The number of nitrogen functional groups attached to an aromatic ring is 2. The molecule has 0 atom stereocenters. The molecular weight excluding hydrogens is 292 g/mol. The Morgan fingerprint density at radius 1 is 0.458 bits per heavy atom. The molecule has 0 aromatic heterocycles. The van der Waals surface area contributed by atoms with E-state index in [0.29, 0.717) is 11.4 Å². The SMILES string of the molecule is Nc1cccc(-c2ccccc2-c2cccc3ccccc23)c1N. The molecule has 0 saturated carbocycles. The van der Waals surface area contributed by atoms with Gasteiger partial charge in [-0.05, 0) is 33.5 Å². The summed E-state index contributed by atoms with van der Waals surface area (Å²) in [6, 6.07) is 28.9. The van der Waals surface area contributed by atoms with Gasteiger partial charge in [0.2, 0.25) is 0 Å². The summed E-state index contributed by atoms with van der Waals surface area (Å²) in [6.45, 7) is 0. The average Bonchev–Trinajstić information content (AvgIpc) is 2.64. The number of anilines is 2. The molecule has 116 valence electrons. The third kappa shape index (κ3) is 2.29. The average molecular weight is 310 g/mol. The van der Waals surface area contributed by atoms with Crippen LogP contribution in [0.15, 0.2) is 84.9 Å². The molecule has 24 heavy (non-hydrogen) atoms. The topological polar surface area (TPSA) is 52.0 Å². The number of para-hydroxylation sites is 1. The minimum absolute atomic E-state index is 0.611. The molecule has 2 heteroatoms. The van der Waals surface area contributed by atoms with Gasteiger partial charge in [-0.2, -0.15) is 0 Å². The van der Waals surface area contributed by atoms with Crippen LogP contribution in [-0.2, 0) is 0 Å². The summed E-state index contributed by atoms with van der Waals surface area (Å²) >= 11 is 0. The first-order valence-corrected chi connectivity index (χ1v) is 7.97. The van der Waals surface area contributed by atoms with Gasteiger partial charge in [0.15, 0.2) is 0 Å². The van der Waals surface area contributed by atoms with Gasteiger partial charge in [-0.25, -0.2) is 0 Å². The van der Waals surface area contributed by atoms with E-state index in [0.717, 1.165) is 16.7 Å². The van der Waals surface area contributed by atoms with Crippen molar-refractivity contribution in [3.63, 3.8) is 0 Å². The van der Waals surface area contributed by atoms with Gasteiger partial charge in [0, 0.05) is 5.56 Å². The lowest BCUT2D eigenvalue weighted by molar-refractivity contribution is 1.59. The van der Waals surface area contributed by atoms with Crippen molar-refractivity contribution in [2.24, 2.45) is 0 Å². The van der Waals surface area contributed by atoms with Crippen LogP contribution in [0.2, 0.25) is 0 Å². The second-order valence-corrected chi connectivity index (χ2v) is 5.88. The summed E-state index contributed by atoms with van der Waals surface area (Å²) in [6.07, 6.45) is 0. The van der Waals surface area contributed by atoms with Crippen LogP contribution in [0, 0.1) is 0 Å². The Kier molecular flexibility index (Phi) is 3.43. The third-order valence-electron chi connectivity index (χ3n) is 4.44. The van der Waals surface area contributed by atoms with Crippen LogP contribution in [0.4, 0.5) is 11.4 Å². The van der Waals surface area contributed by atoms with Crippen molar-refractivity contribution in [2.75, 3.05) is 11.5 Å². The molecule has 0 heterocycles.